The minimum absolute atomic E-state index is 0.0506. The summed E-state index contributed by atoms with van der Waals surface area (Å²) in [6, 6.07) is 12.7. The number of hydrogen-bond acceptors (Lipinski definition) is 2. The summed E-state index contributed by atoms with van der Waals surface area (Å²) in [5, 5.41) is 5.58. The van der Waals surface area contributed by atoms with Gasteiger partial charge in [0.05, 0.1) is 11.3 Å². The van der Waals surface area contributed by atoms with Crippen molar-refractivity contribution in [2.45, 2.75) is 26.3 Å². The van der Waals surface area contributed by atoms with Crippen molar-refractivity contribution in [3.05, 3.63) is 71.6 Å². The molecule has 2 N–H and O–H groups in total. The Morgan fingerprint density at radius 1 is 1.12 bits per heavy atom. The summed E-state index contributed by atoms with van der Waals surface area (Å²) in [6.07, 6.45) is 3.74. The lowest BCUT2D eigenvalue weighted by Gasteiger charge is -2.14. The molecule has 0 aliphatic rings. The minimum Gasteiger partial charge on any atom is -0.350 e. The molecule has 2 aromatic rings. The molecule has 0 fully saturated rings. The maximum Gasteiger partial charge on any atom is 0.253 e. The highest BCUT2D eigenvalue weighted by Crippen LogP contribution is 2.15. The van der Waals surface area contributed by atoms with E-state index in [9.17, 15) is 14.0 Å². The van der Waals surface area contributed by atoms with Crippen LogP contribution in [0.4, 0.5) is 10.1 Å². The predicted octanol–water partition coefficient (Wildman–Crippen LogP) is 4.01. The molecule has 1 atom stereocenters. The zero-order chi connectivity index (χ0) is 18.2. The molecule has 0 saturated carbocycles. The Morgan fingerprint density at radius 2 is 1.80 bits per heavy atom. The number of carbonyl (C=O) groups excluding carboxylic acids is 2. The first-order valence-electron chi connectivity index (χ1n) is 8.14. The van der Waals surface area contributed by atoms with Gasteiger partial charge in [0.2, 0.25) is 5.91 Å². The SMILES string of the molecule is CCC(C)NC(=O)c1ccccc1NC(=O)/C=C/c1ccc(F)cc1. The Morgan fingerprint density at radius 3 is 2.48 bits per heavy atom. The highest BCUT2D eigenvalue weighted by atomic mass is 19.1. The number of anilines is 1. The van der Waals surface area contributed by atoms with E-state index in [2.05, 4.69) is 10.6 Å². The Hall–Kier alpha value is -2.95. The van der Waals surface area contributed by atoms with E-state index in [4.69, 9.17) is 0 Å². The van der Waals surface area contributed by atoms with E-state index in [0.717, 1.165) is 6.42 Å². The summed E-state index contributed by atoms with van der Waals surface area (Å²) >= 11 is 0. The summed E-state index contributed by atoms with van der Waals surface area (Å²) < 4.78 is 12.9. The van der Waals surface area contributed by atoms with Crippen molar-refractivity contribution in [1.29, 1.82) is 0 Å². The van der Waals surface area contributed by atoms with Gasteiger partial charge in [-0.05, 0) is 49.2 Å². The van der Waals surface area contributed by atoms with Gasteiger partial charge in [0, 0.05) is 12.1 Å². The van der Waals surface area contributed by atoms with Crippen LogP contribution in [0.1, 0.15) is 36.2 Å². The standard InChI is InChI=1S/C20H21FN2O2/c1-3-14(2)22-20(25)17-6-4-5-7-18(17)23-19(24)13-10-15-8-11-16(21)12-9-15/h4-14H,3H2,1-2H3,(H,22,25)(H,23,24)/b13-10+. The van der Waals surface area contributed by atoms with Crippen LogP contribution in [-0.4, -0.2) is 17.9 Å². The molecule has 0 aliphatic heterocycles. The fraction of sp³-hybridized carbons (Fsp3) is 0.200. The fourth-order valence-corrected chi connectivity index (χ4v) is 2.11. The second-order valence-electron chi connectivity index (χ2n) is 5.70. The van der Waals surface area contributed by atoms with Crippen LogP contribution in [0.15, 0.2) is 54.6 Å². The smallest absolute Gasteiger partial charge is 0.253 e. The van der Waals surface area contributed by atoms with Crippen LogP contribution in [0.2, 0.25) is 0 Å². The zero-order valence-electron chi connectivity index (χ0n) is 14.3. The van der Waals surface area contributed by atoms with Crippen molar-refractivity contribution in [2.75, 3.05) is 5.32 Å². The van der Waals surface area contributed by atoms with Crippen molar-refractivity contribution in [3.63, 3.8) is 0 Å². The molecule has 2 amide bonds. The summed E-state index contributed by atoms with van der Waals surface area (Å²) in [5.41, 5.74) is 1.56. The van der Waals surface area contributed by atoms with Gasteiger partial charge in [0.25, 0.3) is 5.91 Å². The number of amides is 2. The van der Waals surface area contributed by atoms with E-state index in [-0.39, 0.29) is 23.7 Å². The number of nitrogens with one attached hydrogen (secondary N) is 2. The molecule has 0 bridgehead atoms. The number of rotatable bonds is 6. The zero-order valence-corrected chi connectivity index (χ0v) is 14.3. The van der Waals surface area contributed by atoms with E-state index in [1.165, 1.54) is 18.2 Å². The number of para-hydroxylation sites is 1. The van der Waals surface area contributed by atoms with Crippen molar-refractivity contribution in [1.82, 2.24) is 5.32 Å². The van der Waals surface area contributed by atoms with Crippen LogP contribution < -0.4 is 10.6 Å². The van der Waals surface area contributed by atoms with Crippen LogP contribution in [0.3, 0.4) is 0 Å². The number of halogens is 1. The lowest BCUT2D eigenvalue weighted by molar-refractivity contribution is -0.111. The van der Waals surface area contributed by atoms with E-state index in [1.54, 1.807) is 42.5 Å². The van der Waals surface area contributed by atoms with E-state index in [1.807, 2.05) is 13.8 Å². The molecular weight excluding hydrogens is 319 g/mol. The normalized spacial score (nSPS) is 12.0. The predicted molar refractivity (Wildman–Crippen MR) is 97.7 cm³/mol. The Kier molecular flexibility index (Phi) is 6.46. The molecule has 0 heterocycles. The van der Waals surface area contributed by atoms with Crippen LogP contribution in [0.25, 0.3) is 6.08 Å². The lowest BCUT2D eigenvalue weighted by atomic mass is 10.1. The van der Waals surface area contributed by atoms with Gasteiger partial charge in [-0.2, -0.15) is 0 Å². The van der Waals surface area contributed by atoms with Gasteiger partial charge in [-0.1, -0.05) is 31.2 Å². The Labute approximate surface area is 146 Å². The molecule has 0 spiro atoms. The number of carbonyl (C=O) groups is 2. The molecule has 4 nitrogen and oxygen atoms in total. The maximum atomic E-state index is 12.9. The number of hydrogen-bond donors (Lipinski definition) is 2. The molecule has 0 radical (unpaired) electrons. The Bertz CT molecular complexity index is 770. The highest BCUT2D eigenvalue weighted by molar-refractivity contribution is 6.07. The number of benzene rings is 2. The lowest BCUT2D eigenvalue weighted by Crippen LogP contribution is -2.32. The largest absolute Gasteiger partial charge is 0.350 e. The van der Waals surface area contributed by atoms with Crippen molar-refractivity contribution in [2.24, 2.45) is 0 Å². The molecule has 2 rings (SSSR count). The first-order valence-corrected chi connectivity index (χ1v) is 8.14. The van der Waals surface area contributed by atoms with Crippen LogP contribution >= 0.6 is 0 Å². The third-order valence-corrected chi connectivity index (χ3v) is 3.72. The second kappa shape index (κ2) is 8.78. The van der Waals surface area contributed by atoms with Gasteiger partial charge in [-0.15, -0.1) is 0 Å². The summed E-state index contributed by atoms with van der Waals surface area (Å²) in [6.45, 7) is 3.91. The van der Waals surface area contributed by atoms with Gasteiger partial charge in [-0.3, -0.25) is 9.59 Å². The molecule has 130 valence electrons. The van der Waals surface area contributed by atoms with Crippen LogP contribution in [0.5, 0.6) is 0 Å². The van der Waals surface area contributed by atoms with Gasteiger partial charge < -0.3 is 10.6 Å². The first-order chi connectivity index (χ1) is 12.0. The molecule has 0 aromatic heterocycles. The van der Waals surface area contributed by atoms with Gasteiger partial charge >= 0.3 is 0 Å². The second-order valence-corrected chi connectivity index (χ2v) is 5.70. The average Bonchev–Trinajstić information content (AvgIpc) is 2.61. The topological polar surface area (TPSA) is 58.2 Å². The first kappa shape index (κ1) is 18.4. The molecule has 1 unspecified atom stereocenters. The summed E-state index contributed by atoms with van der Waals surface area (Å²) in [4.78, 5) is 24.4. The molecule has 5 heteroatoms. The molecule has 2 aromatic carbocycles. The summed E-state index contributed by atoms with van der Waals surface area (Å²) in [7, 11) is 0. The fourth-order valence-electron chi connectivity index (χ4n) is 2.11. The minimum atomic E-state index is -0.367. The molecule has 25 heavy (non-hydrogen) atoms. The maximum absolute atomic E-state index is 12.9. The monoisotopic (exact) mass is 340 g/mol. The van der Waals surface area contributed by atoms with Gasteiger partial charge in [0.1, 0.15) is 5.82 Å². The molecule has 0 aliphatic carbocycles. The van der Waals surface area contributed by atoms with Crippen molar-refractivity contribution in [3.8, 4) is 0 Å². The van der Waals surface area contributed by atoms with Crippen LogP contribution in [-0.2, 0) is 4.79 Å². The van der Waals surface area contributed by atoms with E-state index >= 15 is 0 Å². The average molecular weight is 340 g/mol. The van der Waals surface area contributed by atoms with Gasteiger partial charge in [-0.25, -0.2) is 4.39 Å². The van der Waals surface area contributed by atoms with E-state index < -0.39 is 0 Å². The third-order valence-electron chi connectivity index (χ3n) is 3.72. The van der Waals surface area contributed by atoms with Crippen LogP contribution in [0, 0.1) is 5.82 Å². The van der Waals surface area contributed by atoms with Crippen molar-refractivity contribution >= 4 is 23.6 Å². The summed E-state index contributed by atoms with van der Waals surface area (Å²) in [5.74, 6) is -0.927. The molecular formula is C20H21FN2O2. The quantitative estimate of drug-likeness (QED) is 0.781. The highest BCUT2D eigenvalue weighted by Gasteiger charge is 2.13. The van der Waals surface area contributed by atoms with E-state index in [0.29, 0.717) is 16.8 Å². The van der Waals surface area contributed by atoms with Crippen molar-refractivity contribution < 1.29 is 14.0 Å². The Balaban J connectivity index is 2.08. The third kappa shape index (κ3) is 5.57. The van der Waals surface area contributed by atoms with Gasteiger partial charge in [0.15, 0.2) is 0 Å². The molecule has 0 saturated heterocycles.